The second kappa shape index (κ2) is 9.00. The molecule has 7 heteroatoms. The minimum Gasteiger partial charge on any atom is -0.454 e. The highest BCUT2D eigenvalue weighted by Crippen LogP contribution is 2.41. The summed E-state index contributed by atoms with van der Waals surface area (Å²) in [5.41, 5.74) is 9.38. The van der Waals surface area contributed by atoms with Crippen molar-refractivity contribution in [3.8, 4) is 11.5 Å². The highest BCUT2D eigenvalue weighted by atomic mass is 127. The van der Waals surface area contributed by atoms with Crippen LogP contribution in [0.2, 0.25) is 0 Å². The summed E-state index contributed by atoms with van der Waals surface area (Å²) in [4.78, 5) is 4.66. The summed E-state index contributed by atoms with van der Waals surface area (Å²) in [6.07, 6.45) is 1.79. The van der Waals surface area contributed by atoms with Gasteiger partial charge in [0, 0.05) is 24.3 Å². The zero-order chi connectivity index (χ0) is 18.7. The number of aryl methyl sites for hydroxylation is 1. The molecule has 0 radical (unpaired) electrons. The number of hydrogen-bond acceptors (Lipinski definition) is 4. The van der Waals surface area contributed by atoms with Crippen LogP contribution in [0.25, 0.3) is 0 Å². The Hall–Kier alpha value is -2.00. The predicted molar refractivity (Wildman–Crippen MR) is 121 cm³/mol. The van der Waals surface area contributed by atoms with E-state index in [9.17, 15) is 0 Å². The standard InChI is InChI=1S/C21H25N3O3.HI/c1-15-2-5-17(6-3-15)24-20(22)23-13-21(8-10-25-11-9-21)16-4-7-18-19(12-16)27-14-26-18;/h2-7,12H,8-11,13-14H2,1H3,(H3,22,23,24);1H. The van der Waals surface area contributed by atoms with Crippen LogP contribution in [-0.2, 0) is 10.2 Å². The van der Waals surface area contributed by atoms with Gasteiger partial charge in [-0.1, -0.05) is 23.8 Å². The molecule has 0 bridgehead atoms. The van der Waals surface area contributed by atoms with Crippen LogP contribution in [0.5, 0.6) is 11.5 Å². The summed E-state index contributed by atoms with van der Waals surface area (Å²) in [5.74, 6) is 2.02. The van der Waals surface area contributed by atoms with Gasteiger partial charge in [0.05, 0.1) is 6.54 Å². The van der Waals surface area contributed by atoms with Crippen molar-refractivity contribution in [2.24, 2.45) is 10.7 Å². The van der Waals surface area contributed by atoms with Gasteiger partial charge in [-0.3, -0.25) is 4.99 Å². The zero-order valence-electron chi connectivity index (χ0n) is 15.9. The second-order valence-electron chi connectivity index (χ2n) is 7.15. The molecule has 0 saturated carbocycles. The number of aliphatic imine (C=N–C) groups is 1. The minimum absolute atomic E-state index is 0. The maximum atomic E-state index is 6.15. The Labute approximate surface area is 182 Å². The molecule has 2 aromatic rings. The SMILES string of the molecule is Cc1ccc(NC(N)=NCC2(c3ccc4c(c3)OCO4)CCOCC2)cc1.I. The number of hydrogen-bond donors (Lipinski definition) is 2. The number of halogens is 1. The molecule has 0 spiro atoms. The van der Waals surface area contributed by atoms with Crippen molar-refractivity contribution >= 4 is 35.6 Å². The highest BCUT2D eigenvalue weighted by Gasteiger charge is 2.35. The molecule has 1 saturated heterocycles. The fourth-order valence-corrected chi connectivity index (χ4v) is 3.59. The van der Waals surface area contributed by atoms with E-state index in [1.807, 2.05) is 30.3 Å². The van der Waals surface area contributed by atoms with Crippen molar-refractivity contribution in [2.75, 3.05) is 31.9 Å². The molecule has 150 valence electrons. The van der Waals surface area contributed by atoms with E-state index in [2.05, 4.69) is 29.4 Å². The van der Waals surface area contributed by atoms with Gasteiger partial charge in [0.2, 0.25) is 6.79 Å². The first-order valence-corrected chi connectivity index (χ1v) is 9.26. The molecule has 0 atom stereocenters. The summed E-state index contributed by atoms with van der Waals surface area (Å²) >= 11 is 0. The summed E-state index contributed by atoms with van der Waals surface area (Å²) in [6.45, 7) is 4.37. The Kier molecular flexibility index (Phi) is 6.66. The number of fused-ring (bicyclic) bond motifs is 1. The van der Waals surface area contributed by atoms with E-state index in [1.54, 1.807) is 0 Å². The Morgan fingerprint density at radius 2 is 1.79 bits per heavy atom. The van der Waals surface area contributed by atoms with Gasteiger partial charge in [0.25, 0.3) is 0 Å². The highest BCUT2D eigenvalue weighted by molar-refractivity contribution is 14.0. The number of nitrogens with two attached hydrogens (primary N) is 1. The Bertz CT molecular complexity index is 833. The summed E-state index contributed by atoms with van der Waals surface area (Å²) in [7, 11) is 0. The summed E-state index contributed by atoms with van der Waals surface area (Å²) in [5, 5.41) is 3.17. The molecular weight excluding hydrogens is 469 g/mol. The molecule has 0 aliphatic carbocycles. The van der Waals surface area contributed by atoms with E-state index < -0.39 is 0 Å². The third kappa shape index (κ3) is 4.52. The Morgan fingerprint density at radius 3 is 2.54 bits per heavy atom. The molecule has 0 amide bonds. The van der Waals surface area contributed by atoms with Gasteiger partial charge < -0.3 is 25.3 Å². The van der Waals surface area contributed by atoms with Crippen molar-refractivity contribution < 1.29 is 14.2 Å². The van der Waals surface area contributed by atoms with Gasteiger partial charge in [0.1, 0.15) is 0 Å². The van der Waals surface area contributed by atoms with Crippen LogP contribution < -0.4 is 20.5 Å². The molecule has 2 aliphatic heterocycles. The van der Waals surface area contributed by atoms with Crippen LogP contribution in [0.4, 0.5) is 5.69 Å². The molecular formula is C21H26IN3O3. The first kappa shape index (κ1) is 20.7. The molecule has 2 heterocycles. The molecule has 2 aromatic carbocycles. The number of guanidine groups is 1. The second-order valence-corrected chi connectivity index (χ2v) is 7.15. The average molecular weight is 495 g/mol. The van der Waals surface area contributed by atoms with Gasteiger partial charge in [-0.05, 0) is 49.6 Å². The average Bonchev–Trinajstić information content (AvgIpc) is 3.17. The molecule has 4 rings (SSSR count). The maximum Gasteiger partial charge on any atom is 0.231 e. The molecule has 0 aromatic heterocycles. The number of rotatable bonds is 4. The lowest BCUT2D eigenvalue weighted by atomic mass is 9.74. The van der Waals surface area contributed by atoms with E-state index in [0.29, 0.717) is 12.5 Å². The smallest absolute Gasteiger partial charge is 0.231 e. The third-order valence-corrected chi connectivity index (χ3v) is 5.31. The van der Waals surface area contributed by atoms with Crippen LogP contribution in [0.1, 0.15) is 24.0 Å². The summed E-state index contributed by atoms with van der Waals surface area (Å²) < 4.78 is 16.6. The molecule has 28 heavy (non-hydrogen) atoms. The first-order chi connectivity index (χ1) is 13.1. The van der Waals surface area contributed by atoms with Gasteiger partial charge in [-0.15, -0.1) is 24.0 Å². The van der Waals surface area contributed by atoms with Gasteiger partial charge in [-0.2, -0.15) is 0 Å². The van der Waals surface area contributed by atoms with Gasteiger partial charge >= 0.3 is 0 Å². The van der Waals surface area contributed by atoms with Crippen LogP contribution >= 0.6 is 24.0 Å². The van der Waals surface area contributed by atoms with E-state index in [0.717, 1.165) is 43.2 Å². The normalized spacial score (nSPS) is 17.7. The minimum atomic E-state index is -0.112. The van der Waals surface area contributed by atoms with E-state index >= 15 is 0 Å². The van der Waals surface area contributed by atoms with Crippen LogP contribution in [0.3, 0.4) is 0 Å². The number of benzene rings is 2. The van der Waals surface area contributed by atoms with Crippen molar-refractivity contribution in [1.82, 2.24) is 0 Å². The molecule has 3 N–H and O–H groups in total. The molecule has 0 unspecified atom stereocenters. The van der Waals surface area contributed by atoms with E-state index in [1.165, 1.54) is 11.1 Å². The van der Waals surface area contributed by atoms with Crippen molar-refractivity contribution in [1.29, 1.82) is 0 Å². The van der Waals surface area contributed by atoms with Crippen molar-refractivity contribution in [3.05, 3.63) is 53.6 Å². The maximum absolute atomic E-state index is 6.15. The van der Waals surface area contributed by atoms with Crippen molar-refractivity contribution in [2.45, 2.75) is 25.2 Å². The lowest BCUT2D eigenvalue weighted by Crippen LogP contribution is -2.38. The summed E-state index contributed by atoms with van der Waals surface area (Å²) in [6, 6.07) is 14.3. The molecule has 6 nitrogen and oxygen atoms in total. The number of nitrogens with zero attached hydrogens (tertiary/aromatic N) is 1. The fourth-order valence-electron chi connectivity index (χ4n) is 3.59. The topological polar surface area (TPSA) is 78.1 Å². The van der Waals surface area contributed by atoms with Crippen LogP contribution in [0, 0.1) is 6.92 Å². The van der Waals surface area contributed by atoms with Gasteiger partial charge in [-0.25, -0.2) is 0 Å². The number of ether oxygens (including phenoxy) is 3. The molecule has 2 aliphatic rings. The quantitative estimate of drug-likeness (QED) is 0.383. The van der Waals surface area contributed by atoms with Crippen LogP contribution in [0.15, 0.2) is 47.5 Å². The third-order valence-electron chi connectivity index (χ3n) is 5.31. The van der Waals surface area contributed by atoms with Gasteiger partial charge in [0.15, 0.2) is 17.5 Å². The lowest BCUT2D eigenvalue weighted by molar-refractivity contribution is 0.0531. The Balaban J connectivity index is 0.00000225. The van der Waals surface area contributed by atoms with Crippen molar-refractivity contribution in [3.63, 3.8) is 0 Å². The first-order valence-electron chi connectivity index (χ1n) is 9.26. The fraction of sp³-hybridized carbons (Fsp3) is 0.381. The van der Waals surface area contributed by atoms with E-state index in [-0.39, 0.29) is 36.2 Å². The van der Waals surface area contributed by atoms with Crippen LogP contribution in [-0.4, -0.2) is 32.5 Å². The predicted octanol–water partition coefficient (Wildman–Crippen LogP) is 3.82. The Morgan fingerprint density at radius 1 is 1.07 bits per heavy atom. The zero-order valence-corrected chi connectivity index (χ0v) is 18.3. The lowest BCUT2D eigenvalue weighted by Gasteiger charge is -2.36. The molecule has 1 fully saturated rings. The largest absolute Gasteiger partial charge is 0.454 e. The monoisotopic (exact) mass is 495 g/mol. The van der Waals surface area contributed by atoms with E-state index in [4.69, 9.17) is 19.9 Å². The number of anilines is 1. The number of nitrogens with one attached hydrogen (secondary N) is 1.